The first-order valence-corrected chi connectivity index (χ1v) is 7.94. The van der Waals surface area contributed by atoms with E-state index >= 15 is 0 Å². The number of fused-ring (bicyclic) bond motifs is 1. The van der Waals surface area contributed by atoms with Gasteiger partial charge in [0, 0.05) is 36.1 Å². The quantitative estimate of drug-likeness (QED) is 0.770. The summed E-state index contributed by atoms with van der Waals surface area (Å²) in [6.07, 6.45) is -2.95. The normalized spacial score (nSPS) is 11.9. The maximum absolute atomic E-state index is 13.2. The van der Waals surface area contributed by atoms with E-state index in [1.165, 1.54) is 13.0 Å². The minimum atomic E-state index is -4.60. The summed E-state index contributed by atoms with van der Waals surface area (Å²) in [6, 6.07) is 2.13. The number of aromatic nitrogens is 5. The van der Waals surface area contributed by atoms with Crippen molar-refractivity contribution in [2.45, 2.75) is 40.0 Å². The van der Waals surface area contributed by atoms with Crippen LogP contribution in [0.15, 0.2) is 18.3 Å². The van der Waals surface area contributed by atoms with Crippen LogP contribution in [0.2, 0.25) is 0 Å². The first kappa shape index (κ1) is 17.9. The molecule has 26 heavy (non-hydrogen) atoms. The van der Waals surface area contributed by atoms with Crippen molar-refractivity contribution >= 4 is 11.6 Å². The molecule has 1 amide bonds. The Morgan fingerprint density at radius 3 is 2.62 bits per heavy atom. The van der Waals surface area contributed by atoms with Crippen molar-refractivity contribution in [3.63, 3.8) is 0 Å². The zero-order valence-corrected chi connectivity index (χ0v) is 14.4. The fourth-order valence-corrected chi connectivity index (χ4v) is 2.66. The van der Waals surface area contributed by atoms with Gasteiger partial charge in [0.1, 0.15) is 5.69 Å². The Labute approximate surface area is 146 Å². The molecule has 0 aliphatic rings. The zero-order valence-electron chi connectivity index (χ0n) is 14.4. The van der Waals surface area contributed by atoms with Gasteiger partial charge in [0.05, 0.1) is 6.20 Å². The van der Waals surface area contributed by atoms with Crippen molar-refractivity contribution in [1.82, 2.24) is 29.7 Å². The number of halogens is 3. The number of rotatable bonds is 4. The molecule has 3 heterocycles. The zero-order chi connectivity index (χ0) is 19.1. The third-order valence-corrected chi connectivity index (χ3v) is 4.02. The highest BCUT2D eigenvalue weighted by Gasteiger charge is 2.35. The van der Waals surface area contributed by atoms with Crippen molar-refractivity contribution in [1.29, 1.82) is 0 Å². The lowest BCUT2D eigenvalue weighted by Gasteiger charge is -2.09. The topological polar surface area (TPSA) is 77.1 Å². The highest BCUT2D eigenvalue weighted by molar-refractivity contribution is 5.93. The first-order valence-electron chi connectivity index (χ1n) is 7.94. The number of carbonyl (C=O) groups excluding carboxylic acids is 1. The van der Waals surface area contributed by atoms with Gasteiger partial charge in [0.25, 0.3) is 5.91 Å². The molecule has 0 saturated carbocycles. The van der Waals surface area contributed by atoms with Crippen LogP contribution in [-0.2, 0) is 19.3 Å². The molecule has 3 rings (SSSR count). The lowest BCUT2D eigenvalue weighted by atomic mass is 10.2. The van der Waals surface area contributed by atoms with Crippen molar-refractivity contribution in [3.8, 4) is 0 Å². The Bertz CT molecular complexity index is 972. The van der Waals surface area contributed by atoms with E-state index in [4.69, 9.17) is 0 Å². The minimum absolute atomic E-state index is 0.0301. The van der Waals surface area contributed by atoms with Gasteiger partial charge in [-0.05, 0) is 26.8 Å². The van der Waals surface area contributed by atoms with Gasteiger partial charge in [-0.25, -0.2) is 9.50 Å². The van der Waals surface area contributed by atoms with Gasteiger partial charge in [-0.2, -0.15) is 23.4 Å². The van der Waals surface area contributed by atoms with Crippen molar-refractivity contribution in [2.24, 2.45) is 0 Å². The summed E-state index contributed by atoms with van der Waals surface area (Å²) in [6.45, 7) is 6.20. The van der Waals surface area contributed by atoms with Crippen LogP contribution in [0.5, 0.6) is 0 Å². The van der Waals surface area contributed by atoms with Crippen LogP contribution >= 0.6 is 0 Å². The average Bonchev–Trinajstić information content (AvgIpc) is 3.14. The van der Waals surface area contributed by atoms with Crippen molar-refractivity contribution < 1.29 is 18.0 Å². The molecule has 0 spiro atoms. The van der Waals surface area contributed by atoms with Crippen LogP contribution in [-0.4, -0.2) is 30.3 Å². The molecule has 0 fully saturated rings. The SMILES string of the molecule is CCn1ncc(CNC(=O)c2cc3nc(C)cc(C(F)(F)F)n3n2)c1C. The molecule has 3 aromatic heterocycles. The molecule has 1 N–H and O–H groups in total. The molecular weight excluding hydrogens is 349 g/mol. The second kappa shape index (κ2) is 6.43. The molecule has 0 aliphatic heterocycles. The van der Waals surface area contributed by atoms with Gasteiger partial charge >= 0.3 is 6.18 Å². The van der Waals surface area contributed by atoms with Crippen molar-refractivity contribution in [2.75, 3.05) is 0 Å². The van der Waals surface area contributed by atoms with E-state index in [9.17, 15) is 18.0 Å². The van der Waals surface area contributed by atoms with Crippen LogP contribution in [0.3, 0.4) is 0 Å². The summed E-state index contributed by atoms with van der Waals surface area (Å²) in [4.78, 5) is 16.3. The number of amides is 1. The number of carbonyl (C=O) groups is 1. The Kier molecular flexibility index (Phi) is 4.43. The number of aryl methyl sites for hydroxylation is 2. The maximum Gasteiger partial charge on any atom is 0.433 e. The van der Waals surface area contributed by atoms with E-state index < -0.39 is 17.8 Å². The van der Waals surface area contributed by atoms with Gasteiger partial charge in [-0.3, -0.25) is 9.48 Å². The Morgan fingerprint density at radius 1 is 1.27 bits per heavy atom. The van der Waals surface area contributed by atoms with E-state index in [-0.39, 0.29) is 23.6 Å². The van der Waals surface area contributed by atoms with Gasteiger partial charge in [0.15, 0.2) is 11.3 Å². The summed E-state index contributed by atoms with van der Waals surface area (Å²) in [5.74, 6) is -0.579. The fraction of sp³-hybridized carbons (Fsp3) is 0.375. The standard InChI is InChI=1S/C16H17F3N6O/c1-4-24-10(3)11(8-21-24)7-20-15(26)12-6-14-22-9(2)5-13(16(17,18)19)25(14)23-12/h5-6,8H,4,7H2,1-3H3,(H,20,26). The van der Waals surface area contributed by atoms with Crippen molar-refractivity contribution in [3.05, 3.63) is 46.7 Å². The average molecular weight is 366 g/mol. The third kappa shape index (κ3) is 3.26. The number of nitrogens with zero attached hydrogens (tertiary/aromatic N) is 5. The molecule has 0 atom stereocenters. The summed E-state index contributed by atoms with van der Waals surface area (Å²) in [5.41, 5.74) is 0.804. The molecule has 0 aromatic carbocycles. The van der Waals surface area contributed by atoms with Gasteiger partial charge in [-0.15, -0.1) is 0 Å². The van der Waals surface area contributed by atoms with E-state index in [0.717, 1.165) is 17.3 Å². The van der Waals surface area contributed by atoms with Crippen LogP contribution in [0.4, 0.5) is 13.2 Å². The predicted octanol–water partition coefficient (Wildman–Crippen LogP) is 2.51. The van der Waals surface area contributed by atoms with E-state index in [0.29, 0.717) is 11.1 Å². The molecule has 3 aromatic rings. The van der Waals surface area contributed by atoms with Gasteiger partial charge in [0.2, 0.25) is 0 Å². The number of nitrogens with one attached hydrogen (secondary N) is 1. The highest BCUT2D eigenvalue weighted by Crippen LogP contribution is 2.29. The lowest BCUT2D eigenvalue weighted by Crippen LogP contribution is -2.23. The van der Waals surface area contributed by atoms with Crippen LogP contribution < -0.4 is 5.32 Å². The summed E-state index contributed by atoms with van der Waals surface area (Å²) < 4.78 is 41.9. The minimum Gasteiger partial charge on any atom is -0.346 e. The largest absolute Gasteiger partial charge is 0.433 e. The van der Waals surface area contributed by atoms with E-state index in [1.54, 1.807) is 10.9 Å². The Morgan fingerprint density at radius 2 is 2.00 bits per heavy atom. The summed E-state index contributed by atoms with van der Waals surface area (Å²) in [7, 11) is 0. The first-order chi connectivity index (χ1) is 12.2. The molecule has 0 bridgehead atoms. The molecule has 0 unspecified atom stereocenters. The smallest absolute Gasteiger partial charge is 0.346 e. The molecule has 10 heteroatoms. The Hall–Kier alpha value is -2.91. The monoisotopic (exact) mass is 366 g/mol. The predicted molar refractivity (Wildman–Crippen MR) is 86.5 cm³/mol. The van der Waals surface area contributed by atoms with E-state index in [1.807, 2.05) is 13.8 Å². The summed E-state index contributed by atoms with van der Waals surface area (Å²) in [5, 5.41) is 10.6. The summed E-state index contributed by atoms with van der Waals surface area (Å²) >= 11 is 0. The fourth-order valence-electron chi connectivity index (χ4n) is 2.66. The van der Waals surface area contributed by atoms with E-state index in [2.05, 4.69) is 20.5 Å². The highest BCUT2D eigenvalue weighted by atomic mass is 19.4. The Balaban J connectivity index is 1.86. The lowest BCUT2D eigenvalue weighted by molar-refractivity contribution is -0.142. The molecule has 0 radical (unpaired) electrons. The molecular formula is C16H17F3N6O. The van der Waals surface area contributed by atoms with Gasteiger partial charge in [-0.1, -0.05) is 0 Å². The molecule has 138 valence electrons. The van der Waals surface area contributed by atoms with Crippen LogP contribution in [0.1, 0.15) is 40.1 Å². The maximum atomic E-state index is 13.2. The van der Waals surface area contributed by atoms with Gasteiger partial charge < -0.3 is 5.32 Å². The number of hydrogen-bond acceptors (Lipinski definition) is 4. The second-order valence-electron chi connectivity index (χ2n) is 5.83. The number of hydrogen-bond donors (Lipinski definition) is 1. The van der Waals surface area contributed by atoms with Crippen LogP contribution in [0, 0.1) is 13.8 Å². The molecule has 7 nitrogen and oxygen atoms in total. The number of alkyl halides is 3. The molecule has 0 saturated heterocycles. The second-order valence-corrected chi connectivity index (χ2v) is 5.83. The molecule has 0 aliphatic carbocycles. The third-order valence-electron chi connectivity index (χ3n) is 4.02. The van der Waals surface area contributed by atoms with Crippen LogP contribution in [0.25, 0.3) is 5.65 Å².